The SMILES string of the molecule is CC(C)(C)CC(O)c1cc2ccccc2o1. The fourth-order valence-electron chi connectivity index (χ4n) is 1.85. The van der Waals surface area contributed by atoms with E-state index < -0.39 is 6.10 Å². The summed E-state index contributed by atoms with van der Waals surface area (Å²) in [7, 11) is 0. The summed E-state index contributed by atoms with van der Waals surface area (Å²) in [5.74, 6) is 0.663. The first kappa shape index (κ1) is 11.2. The van der Waals surface area contributed by atoms with Crippen LogP contribution < -0.4 is 0 Å². The standard InChI is InChI=1S/C14H18O2/c1-14(2,3)9-11(15)13-8-10-6-4-5-7-12(10)16-13/h4-8,11,15H,9H2,1-3H3. The molecule has 0 aliphatic carbocycles. The van der Waals surface area contributed by atoms with Crippen LogP contribution in [0.1, 0.15) is 39.1 Å². The van der Waals surface area contributed by atoms with Crippen LogP contribution >= 0.6 is 0 Å². The zero-order chi connectivity index (χ0) is 11.8. The maximum absolute atomic E-state index is 10.1. The number of fused-ring (bicyclic) bond motifs is 1. The minimum atomic E-state index is -0.521. The Labute approximate surface area is 95.9 Å². The minimum Gasteiger partial charge on any atom is -0.458 e. The smallest absolute Gasteiger partial charge is 0.134 e. The molecule has 0 amide bonds. The lowest BCUT2D eigenvalue weighted by molar-refractivity contribution is 0.102. The molecule has 0 saturated heterocycles. The first-order chi connectivity index (χ1) is 7.46. The van der Waals surface area contributed by atoms with E-state index in [1.54, 1.807) is 0 Å². The number of hydrogen-bond acceptors (Lipinski definition) is 2. The lowest BCUT2D eigenvalue weighted by Crippen LogP contribution is -2.10. The molecule has 86 valence electrons. The predicted molar refractivity (Wildman–Crippen MR) is 65.2 cm³/mol. The van der Waals surface area contributed by atoms with E-state index >= 15 is 0 Å². The third-order valence-electron chi connectivity index (χ3n) is 2.58. The van der Waals surface area contributed by atoms with E-state index in [0.717, 1.165) is 11.0 Å². The maximum atomic E-state index is 10.1. The summed E-state index contributed by atoms with van der Waals surface area (Å²) in [6.07, 6.45) is 0.180. The van der Waals surface area contributed by atoms with Crippen molar-refractivity contribution in [3.63, 3.8) is 0 Å². The first-order valence-corrected chi connectivity index (χ1v) is 5.62. The number of hydrogen-bond donors (Lipinski definition) is 1. The van der Waals surface area contributed by atoms with Crippen LogP contribution in [0.4, 0.5) is 0 Å². The van der Waals surface area contributed by atoms with Crippen molar-refractivity contribution in [2.45, 2.75) is 33.3 Å². The molecule has 0 saturated carbocycles. The lowest BCUT2D eigenvalue weighted by Gasteiger charge is -2.20. The van der Waals surface area contributed by atoms with Gasteiger partial charge in [-0.25, -0.2) is 0 Å². The Balaban J connectivity index is 2.26. The Morgan fingerprint density at radius 2 is 1.94 bits per heavy atom. The van der Waals surface area contributed by atoms with E-state index in [2.05, 4.69) is 20.8 Å². The molecule has 0 aliphatic rings. The van der Waals surface area contributed by atoms with E-state index in [9.17, 15) is 5.11 Å². The van der Waals surface area contributed by atoms with Gasteiger partial charge < -0.3 is 9.52 Å². The zero-order valence-electron chi connectivity index (χ0n) is 10.0. The molecule has 0 aliphatic heterocycles. The van der Waals surface area contributed by atoms with E-state index in [1.165, 1.54) is 0 Å². The summed E-state index contributed by atoms with van der Waals surface area (Å²) in [5.41, 5.74) is 0.934. The van der Waals surface area contributed by atoms with Crippen LogP contribution in [0.3, 0.4) is 0 Å². The molecule has 0 fully saturated rings. The van der Waals surface area contributed by atoms with E-state index in [1.807, 2.05) is 30.3 Å². The Morgan fingerprint density at radius 3 is 2.56 bits per heavy atom. The zero-order valence-corrected chi connectivity index (χ0v) is 10.0. The molecule has 1 aromatic carbocycles. The molecular weight excluding hydrogens is 200 g/mol. The van der Waals surface area contributed by atoms with Crippen molar-refractivity contribution in [1.82, 2.24) is 0 Å². The van der Waals surface area contributed by atoms with Crippen LogP contribution in [0.2, 0.25) is 0 Å². The van der Waals surface area contributed by atoms with E-state index in [4.69, 9.17) is 4.42 Å². The molecule has 2 heteroatoms. The Kier molecular flexibility index (Phi) is 2.76. The fourth-order valence-corrected chi connectivity index (χ4v) is 1.85. The number of furan rings is 1. The molecular formula is C14H18O2. The molecule has 0 bridgehead atoms. The second-order valence-electron chi connectivity index (χ2n) is 5.47. The molecule has 2 nitrogen and oxygen atoms in total. The molecule has 16 heavy (non-hydrogen) atoms. The highest BCUT2D eigenvalue weighted by Crippen LogP contribution is 2.32. The average Bonchev–Trinajstić information content (AvgIpc) is 2.58. The molecule has 1 aromatic heterocycles. The van der Waals surface area contributed by atoms with Crippen molar-refractivity contribution < 1.29 is 9.52 Å². The van der Waals surface area contributed by atoms with Gasteiger partial charge in [0.1, 0.15) is 17.4 Å². The van der Waals surface area contributed by atoms with Gasteiger partial charge in [-0.2, -0.15) is 0 Å². The normalized spacial score (nSPS) is 14.2. The van der Waals surface area contributed by atoms with Crippen LogP contribution in [-0.4, -0.2) is 5.11 Å². The fraction of sp³-hybridized carbons (Fsp3) is 0.429. The van der Waals surface area contributed by atoms with E-state index in [-0.39, 0.29) is 5.41 Å². The molecule has 1 unspecified atom stereocenters. The van der Waals surface area contributed by atoms with Crippen molar-refractivity contribution in [3.05, 3.63) is 36.1 Å². The first-order valence-electron chi connectivity index (χ1n) is 5.62. The lowest BCUT2D eigenvalue weighted by atomic mass is 9.88. The van der Waals surface area contributed by atoms with Gasteiger partial charge in [0.25, 0.3) is 0 Å². The predicted octanol–water partition coefficient (Wildman–Crippen LogP) is 3.90. The molecule has 0 radical (unpaired) electrons. The Hall–Kier alpha value is -1.28. The van der Waals surface area contributed by atoms with Crippen molar-refractivity contribution in [2.75, 3.05) is 0 Å². The molecule has 0 spiro atoms. The summed E-state index contributed by atoms with van der Waals surface area (Å²) in [4.78, 5) is 0. The summed E-state index contributed by atoms with van der Waals surface area (Å²) in [5, 5.41) is 11.1. The molecule has 1 atom stereocenters. The summed E-state index contributed by atoms with van der Waals surface area (Å²) < 4.78 is 5.63. The van der Waals surface area contributed by atoms with Gasteiger partial charge in [-0.3, -0.25) is 0 Å². The summed E-state index contributed by atoms with van der Waals surface area (Å²) >= 11 is 0. The third kappa shape index (κ3) is 2.45. The quantitative estimate of drug-likeness (QED) is 0.829. The van der Waals surface area contributed by atoms with Crippen LogP contribution in [-0.2, 0) is 0 Å². The van der Waals surface area contributed by atoms with Crippen LogP contribution in [0, 0.1) is 5.41 Å². The van der Waals surface area contributed by atoms with Crippen LogP contribution in [0.5, 0.6) is 0 Å². The molecule has 2 rings (SSSR count). The van der Waals surface area contributed by atoms with Gasteiger partial charge in [0.2, 0.25) is 0 Å². The highest BCUT2D eigenvalue weighted by molar-refractivity contribution is 5.77. The highest BCUT2D eigenvalue weighted by atomic mass is 16.4. The summed E-state index contributed by atoms with van der Waals surface area (Å²) in [6, 6.07) is 9.74. The number of rotatable bonds is 2. The monoisotopic (exact) mass is 218 g/mol. The van der Waals surface area contributed by atoms with Crippen LogP contribution in [0.15, 0.2) is 34.7 Å². The van der Waals surface area contributed by atoms with E-state index in [0.29, 0.717) is 12.2 Å². The Morgan fingerprint density at radius 1 is 1.25 bits per heavy atom. The van der Waals surface area contributed by atoms with Gasteiger partial charge in [-0.05, 0) is 24.0 Å². The van der Waals surface area contributed by atoms with Crippen molar-refractivity contribution in [1.29, 1.82) is 0 Å². The Bertz CT molecular complexity index is 444. The number of aliphatic hydroxyl groups is 1. The third-order valence-corrected chi connectivity index (χ3v) is 2.58. The number of benzene rings is 1. The average molecular weight is 218 g/mol. The molecule has 2 aromatic rings. The molecule has 1 N–H and O–H groups in total. The van der Waals surface area contributed by atoms with Gasteiger partial charge >= 0.3 is 0 Å². The van der Waals surface area contributed by atoms with Crippen molar-refractivity contribution in [3.8, 4) is 0 Å². The van der Waals surface area contributed by atoms with Crippen molar-refractivity contribution in [2.24, 2.45) is 5.41 Å². The van der Waals surface area contributed by atoms with Crippen molar-refractivity contribution >= 4 is 11.0 Å². The maximum Gasteiger partial charge on any atom is 0.134 e. The highest BCUT2D eigenvalue weighted by Gasteiger charge is 2.20. The van der Waals surface area contributed by atoms with Gasteiger partial charge in [0.15, 0.2) is 0 Å². The second kappa shape index (κ2) is 3.95. The number of aliphatic hydroxyl groups excluding tert-OH is 1. The second-order valence-corrected chi connectivity index (χ2v) is 5.47. The van der Waals surface area contributed by atoms with Gasteiger partial charge in [0.05, 0.1) is 0 Å². The van der Waals surface area contributed by atoms with Gasteiger partial charge in [-0.15, -0.1) is 0 Å². The number of para-hydroxylation sites is 1. The largest absolute Gasteiger partial charge is 0.458 e. The van der Waals surface area contributed by atoms with Crippen LogP contribution in [0.25, 0.3) is 11.0 Å². The summed E-state index contributed by atoms with van der Waals surface area (Å²) in [6.45, 7) is 6.33. The topological polar surface area (TPSA) is 33.4 Å². The van der Waals surface area contributed by atoms with Gasteiger partial charge in [-0.1, -0.05) is 39.0 Å². The minimum absolute atomic E-state index is 0.0956. The van der Waals surface area contributed by atoms with Gasteiger partial charge in [0, 0.05) is 5.39 Å². The molecule has 1 heterocycles.